The Morgan fingerprint density at radius 3 is 2.59 bits per heavy atom. The van der Waals surface area contributed by atoms with Crippen molar-refractivity contribution < 1.29 is 9.59 Å². The van der Waals surface area contributed by atoms with Crippen molar-refractivity contribution in [2.24, 2.45) is 5.92 Å². The van der Waals surface area contributed by atoms with Gasteiger partial charge in [0, 0.05) is 10.0 Å². The summed E-state index contributed by atoms with van der Waals surface area (Å²) in [5.41, 5.74) is 1.23. The van der Waals surface area contributed by atoms with Crippen molar-refractivity contribution in [3.05, 3.63) is 57.0 Å². The molecule has 0 aliphatic carbocycles. The zero-order valence-corrected chi connectivity index (χ0v) is 21.1. The molecule has 1 heterocycles. The number of halogens is 3. The van der Waals surface area contributed by atoms with E-state index in [2.05, 4.69) is 42.1 Å². The van der Waals surface area contributed by atoms with Crippen molar-refractivity contribution in [1.29, 1.82) is 0 Å². The Kier molecular flexibility index (Phi) is 8.47. The number of nitrogens with zero attached hydrogens (tertiary/aromatic N) is 2. The van der Waals surface area contributed by atoms with E-state index in [1.807, 2.05) is 38.1 Å². The average molecular weight is 557 g/mol. The molecule has 3 N–H and O–H groups in total. The van der Waals surface area contributed by atoms with Gasteiger partial charge in [0.1, 0.15) is 11.0 Å². The van der Waals surface area contributed by atoms with Crippen LogP contribution in [0.1, 0.15) is 20.3 Å². The molecular weight excluding hydrogens is 537 g/mol. The molecule has 0 saturated heterocycles. The van der Waals surface area contributed by atoms with E-state index in [-0.39, 0.29) is 16.8 Å². The number of carbonyl (C=O) groups is 2. The van der Waals surface area contributed by atoms with Gasteiger partial charge in [-0.25, -0.2) is 4.79 Å². The van der Waals surface area contributed by atoms with E-state index in [0.717, 1.165) is 10.0 Å². The van der Waals surface area contributed by atoms with Crippen molar-refractivity contribution in [2.45, 2.75) is 26.3 Å². The minimum Gasteiger partial charge on any atom is -0.326 e. The smallest absolute Gasteiger partial charge is 0.319 e. The van der Waals surface area contributed by atoms with Gasteiger partial charge < -0.3 is 10.6 Å². The van der Waals surface area contributed by atoms with Gasteiger partial charge in [-0.15, -0.1) is 10.2 Å². The van der Waals surface area contributed by atoms with E-state index in [4.69, 9.17) is 23.2 Å². The molecule has 168 valence electrons. The lowest BCUT2D eigenvalue weighted by Crippen LogP contribution is -2.49. The number of amides is 3. The minimum absolute atomic E-state index is 0.131. The van der Waals surface area contributed by atoms with Gasteiger partial charge in [-0.1, -0.05) is 88.9 Å². The fraction of sp³-hybridized carbons (Fsp3) is 0.238. The topological polar surface area (TPSA) is 96.0 Å². The maximum absolute atomic E-state index is 13.0. The highest BCUT2D eigenvalue weighted by Crippen LogP contribution is 2.30. The van der Waals surface area contributed by atoms with E-state index in [9.17, 15) is 9.59 Å². The summed E-state index contributed by atoms with van der Waals surface area (Å²) >= 11 is 16.8. The Balaban J connectivity index is 1.70. The normalized spacial score (nSPS) is 12.7. The summed E-state index contributed by atoms with van der Waals surface area (Å²) in [6.45, 7) is 3.82. The summed E-state index contributed by atoms with van der Waals surface area (Å²) in [5, 5.41) is 17.9. The van der Waals surface area contributed by atoms with Gasteiger partial charge in [0.25, 0.3) is 0 Å². The molecule has 0 radical (unpaired) electrons. The first-order valence-electron chi connectivity index (χ1n) is 9.70. The lowest BCUT2D eigenvalue weighted by Gasteiger charge is -2.23. The molecule has 2 atom stereocenters. The maximum atomic E-state index is 13.0. The van der Waals surface area contributed by atoms with Crippen LogP contribution in [0.25, 0.3) is 10.6 Å². The first-order valence-corrected chi connectivity index (χ1v) is 12.1. The van der Waals surface area contributed by atoms with Crippen LogP contribution >= 0.6 is 50.5 Å². The third kappa shape index (κ3) is 6.19. The molecule has 2 unspecified atom stereocenters. The Labute approximate surface area is 208 Å². The van der Waals surface area contributed by atoms with E-state index in [1.54, 1.807) is 18.2 Å². The van der Waals surface area contributed by atoms with Gasteiger partial charge in [-0.05, 0) is 30.2 Å². The highest BCUT2D eigenvalue weighted by atomic mass is 79.9. The Morgan fingerprint density at radius 1 is 1.12 bits per heavy atom. The van der Waals surface area contributed by atoms with Gasteiger partial charge in [-0.2, -0.15) is 0 Å². The number of urea groups is 1. The van der Waals surface area contributed by atoms with Crippen molar-refractivity contribution in [3.8, 4) is 10.6 Å². The molecule has 32 heavy (non-hydrogen) atoms. The number of rotatable bonds is 7. The predicted octanol–water partition coefficient (Wildman–Crippen LogP) is 6.45. The zero-order chi connectivity index (χ0) is 23.3. The second kappa shape index (κ2) is 11.1. The molecule has 3 rings (SSSR count). The highest BCUT2D eigenvalue weighted by molar-refractivity contribution is 9.10. The molecule has 2 aromatic carbocycles. The summed E-state index contributed by atoms with van der Waals surface area (Å²) in [6.07, 6.45) is 0.676. The highest BCUT2D eigenvalue weighted by Gasteiger charge is 2.27. The molecule has 0 fully saturated rings. The average Bonchev–Trinajstić information content (AvgIpc) is 3.23. The number of aromatic nitrogens is 2. The van der Waals surface area contributed by atoms with Crippen LogP contribution in [0.5, 0.6) is 0 Å². The lowest BCUT2D eigenvalue weighted by atomic mass is 9.98. The quantitative estimate of drug-likeness (QED) is 0.311. The summed E-state index contributed by atoms with van der Waals surface area (Å²) in [5.74, 6) is -0.517. The van der Waals surface area contributed by atoms with Crippen LogP contribution < -0.4 is 16.0 Å². The number of hydrogen-bond acceptors (Lipinski definition) is 5. The maximum Gasteiger partial charge on any atom is 0.319 e. The third-order valence-electron chi connectivity index (χ3n) is 4.71. The first kappa shape index (κ1) is 24.4. The largest absolute Gasteiger partial charge is 0.326 e. The molecule has 11 heteroatoms. The van der Waals surface area contributed by atoms with Crippen molar-refractivity contribution in [3.63, 3.8) is 0 Å². The van der Waals surface area contributed by atoms with Gasteiger partial charge in [0.2, 0.25) is 11.0 Å². The number of carbonyl (C=O) groups excluding carboxylic acids is 2. The second-order valence-electron chi connectivity index (χ2n) is 6.98. The molecule has 3 aromatic rings. The van der Waals surface area contributed by atoms with Crippen LogP contribution in [0.3, 0.4) is 0 Å². The summed E-state index contributed by atoms with van der Waals surface area (Å²) < 4.78 is 0.919. The minimum atomic E-state index is -0.795. The fourth-order valence-corrected chi connectivity index (χ4v) is 4.29. The molecule has 1 aromatic heterocycles. The molecular formula is C21H20BrCl2N5O2S. The van der Waals surface area contributed by atoms with Crippen LogP contribution in [0.15, 0.2) is 46.9 Å². The van der Waals surface area contributed by atoms with E-state index in [0.29, 0.717) is 27.3 Å². The van der Waals surface area contributed by atoms with Gasteiger partial charge in [0.15, 0.2) is 0 Å². The monoisotopic (exact) mass is 555 g/mol. The molecule has 0 saturated carbocycles. The number of anilines is 2. The summed E-state index contributed by atoms with van der Waals surface area (Å²) in [6, 6.07) is 11.2. The van der Waals surface area contributed by atoms with Crippen molar-refractivity contribution in [2.75, 3.05) is 10.6 Å². The van der Waals surface area contributed by atoms with E-state index >= 15 is 0 Å². The Morgan fingerprint density at radius 2 is 1.88 bits per heavy atom. The molecule has 0 bridgehead atoms. The van der Waals surface area contributed by atoms with Crippen LogP contribution in [-0.4, -0.2) is 28.2 Å². The Hall–Kier alpha value is -2.20. The molecule has 0 spiro atoms. The first-order chi connectivity index (χ1) is 15.3. The number of benzene rings is 2. The van der Waals surface area contributed by atoms with Gasteiger partial charge in [-0.3, -0.25) is 10.1 Å². The van der Waals surface area contributed by atoms with E-state index < -0.39 is 12.1 Å². The van der Waals surface area contributed by atoms with Crippen LogP contribution in [0.4, 0.5) is 15.6 Å². The SMILES string of the molecule is CCC(C)C(NC(=O)Nc1cccc(Cl)c1Cl)C(=O)Nc1nnc(-c2cccc(Br)c2)s1. The summed E-state index contributed by atoms with van der Waals surface area (Å²) in [4.78, 5) is 25.5. The molecule has 0 aliphatic heterocycles. The predicted molar refractivity (Wildman–Crippen MR) is 134 cm³/mol. The third-order valence-corrected chi connectivity index (χ3v) is 6.91. The van der Waals surface area contributed by atoms with Gasteiger partial charge >= 0.3 is 6.03 Å². The molecule has 0 aliphatic rings. The number of hydrogen-bond donors (Lipinski definition) is 3. The fourth-order valence-electron chi connectivity index (χ4n) is 2.80. The van der Waals surface area contributed by atoms with Crippen LogP contribution in [-0.2, 0) is 4.79 Å². The van der Waals surface area contributed by atoms with E-state index in [1.165, 1.54) is 11.3 Å². The standard InChI is InChI=1S/C21H20BrCl2N5O2S/c1-3-11(2)17(26-20(31)25-15-9-5-8-14(23)16(15)24)18(30)27-21-29-28-19(32-21)12-6-4-7-13(22)10-12/h4-11,17H,3H2,1-2H3,(H2,25,26,31)(H,27,29,30). The zero-order valence-electron chi connectivity index (χ0n) is 17.2. The van der Waals surface area contributed by atoms with Crippen molar-refractivity contribution in [1.82, 2.24) is 15.5 Å². The molecule has 3 amide bonds. The van der Waals surface area contributed by atoms with Crippen LogP contribution in [0, 0.1) is 5.92 Å². The second-order valence-corrected chi connectivity index (χ2v) is 9.65. The summed E-state index contributed by atoms with van der Waals surface area (Å²) in [7, 11) is 0. The lowest BCUT2D eigenvalue weighted by molar-refractivity contribution is -0.119. The van der Waals surface area contributed by atoms with Crippen molar-refractivity contribution >= 4 is 73.2 Å². The van der Waals surface area contributed by atoms with Gasteiger partial charge in [0.05, 0.1) is 15.7 Å². The Bertz CT molecular complexity index is 1130. The van der Waals surface area contributed by atoms with Crippen LogP contribution in [0.2, 0.25) is 10.0 Å². The molecule has 7 nitrogen and oxygen atoms in total. The number of nitrogens with one attached hydrogen (secondary N) is 3.